The van der Waals surface area contributed by atoms with Crippen LogP contribution in [-0.2, 0) is 9.59 Å². The number of carbonyl (C=O) groups excluding carboxylic acids is 2. The molecule has 92 valence electrons. The summed E-state index contributed by atoms with van der Waals surface area (Å²) < 4.78 is 0. The summed E-state index contributed by atoms with van der Waals surface area (Å²) in [5.74, 6) is -0.441. The number of para-hydroxylation sites is 1. The van der Waals surface area contributed by atoms with Crippen LogP contribution in [0, 0.1) is 0 Å². The Morgan fingerprint density at radius 2 is 1.88 bits per heavy atom. The molecule has 0 aliphatic rings. The first-order valence-electron chi connectivity index (χ1n) is 5.43. The lowest BCUT2D eigenvalue weighted by Crippen LogP contribution is -2.44. The van der Waals surface area contributed by atoms with Gasteiger partial charge in [-0.1, -0.05) is 18.2 Å². The van der Waals surface area contributed by atoms with Crippen molar-refractivity contribution < 1.29 is 9.59 Å². The Kier molecular flexibility index (Phi) is 5.16. The lowest BCUT2D eigenvalue weighted by Gasteiger charge is -2.13. The minimum atomic E-state index is -0.559. The fourth-order valence-electron chi connectivity index (χ4n) is 1.29. The van der Waals surface area contributed by atoms with Crippen LogP contribution in [0.25, 0.3) is 0 Å². The molecule has 1 aromatic rings. The van der Waals surface area contributed by atoms with Gasteiger partial charge in [-0.15, -0.1) is 0 Å². The molecule has 0 bridgehead atoms. The summed E-state index contributed by atoms with van der Waals surface area (Å²) in [6.07, 6.45) is 0. The molecular weight excluding hydrogens is 218 g/mol. The average Bonchev–Trinajstić information content (AvgIpc) is 2.30. The van der Waals surface area contributed by atoms with Crippen molar-refractivity contribution in [3.05, 3.63) is 30.3 Å². The summed E-state index contributed by atoms with van der Waals surface area (Å²) in [6.45, 7) is 1.84. The molecule has 2 amide bonds. The van der Waals surface area contributed by atoms with E-state index in [1.54, 1.807) is 26.1 Å². The van der Waals surface area contributed by atoms with Crippen LogP contribution >= 0.6 is 0 Å². The van der Waals surface area contributed by atoms with Crippen molar-refractivity contribution in [2.75, 3.05) is 18.9 Å². The Balaban J connectivity index is 2.45. The molecule has 0 fully saturated rings. The summed E-state index contributed by atoms with van der Waals surface area (Å²) in [6, 6.07) is 8.56. The van der Waals surface area contributed by atoms with Gasteiger partial charge < -0.3 is 16.0 Å². The average molecular weight is 235 g/mol. The zero-order chi connectivity index (χ0) is 12.7. The van der Waals surface area contributed by atoms with Crippen LogP contribution in [0.3, 0.4) is 0 Å². The minimum Gasteiger partial charge on any atom is -0.343 e. The van der Waals surface area contributed by atoms with E-state index < -0.39 is 6.04 Å². The van der Waals surface area contributed by atoms with Gasteiger partial charge in [-0.3, -0.25) is 9.59 Å². The maximum atomic E-state index is 11.7. The Hall–Kier alpha value is -1.88. The van der Waals surface area contributed by atoms with Crippen LogP contribution in [0.1, 0.15) is 6.92 Å². The van der Waals surface area contributed by atoms with Crippen molar-refractivity contribution in [2.24, 2.45) is 0 Å². The summed E-state index contributed by atoms with van der Waals surface area (Å²) >= 11 is 0. The molecule has 0 radical (unpaired) electrons. The van der Waals surface area contributed by atoms with Crippen LogP contribution in [0.2, 0.25) is 0 Å². The number of rotatable bonds is 5. The molecule has 0 spiro atoms. The molecule has 0 heterocycles. The fourth-order valence-corrected chi connectivity index (χ4v) is 1.29. The summed E-state index contributed by atoms with van der Waals surface area (Å²) in [7, 11) is 1.67. The second kappa shape index (κ2) is 6.65. The molecule has 1 rings (SSSR count). The molecule has 5 nitrogen and oxygen atoms in total. The van der Waals surface area contributed by atoms with E-state index in [0.717, 1.165) is 0 Å². The van der Waals surface area contributed by atoms with Crippen molar-refractivity contribution in [3.63, 3.8) is 0 Å². The predicted molar refractivity (Wildman–Crippen MR) is 66.6 cm³/mol. The van der Waals surface area contributed by atoms with Gasteiger partial charge in [0.2, 0.25) is 11.8 Å². The number of nitrogens with one attached hydrogen (secondary N) is 3. The van der Waals surface area contributed by atoms with Gasteiger partial charge in [-0.25, -0.2) is 0 Å². The number of carbonyl (C=O) groups is 2. The van der Waals surface area contributed by atoms with E-state index in [0.29, 0.717) is 5.69 Å². The number of hydrogen-bond donors (Lipinski definition) is 3. The molecule has 0 aromatic heterocycles. The predicted octanol–water partition coefficient (Wildman–Crippen LogP) is 0.349. The first-order chi connectivity index (χ1) is 8.13. The van der Waals surface area contributed by atoms with Gasteiger partial charge in [0.15, 0.2) is 0 Å². The lowest BCUT2D eigenvalue weighted by molar-refractivity contribution is -0.125. The Bertz CT molecular complexity index is 379. The quantitative estimate of drug-likeness (QED) is 0.689. The van der Waals surface area contributed by atoms with E-state index in [2.05, 4.69) is 16.0 Å². The normalized spacial score (nSPS) is 11.6. The molecule has 1 atom stereocenters. The zero-order valence-corrected chi connectivity index (χ0v) is 9.99. The smallest absolute Gasteiger partial charge is 0.246 e. The fraction of sp³-hybridized carbons (Fsp3) is 0.333. The monoisotopic (exact) mass is 235 g/mol. The number of likely N-dealkylation sites (N-methyl/N-ethyl adjacent to an activating group) is 1. The van der Waals surface area contributed by atoms with E-state index in [-0.39, 0.29) is 18.4 Å². The maximum Gasteiger partial charge on any atom is 0.246 e. The van der Waals surface area contributed by atoms with Crippen LogP contribution in [0.15, 0.2) is 30.3 Å². The number of amides is 2. The van der Waals surface area contributed by atoms with Gasteiger partial charge in [-0.05, 0) is 26.1 Å². The third-order valence-corrected chi connectivity index (χ3v) is 2.15. The third-order valence-electron chi connectivity index (χ3n) is 2.15. The highest BCUT2D eigenvalue weighted by atomic mass is 16.2. The zero-order valence-electron chi connectivity index (χ0n) is 9.99. The Morgan fingerprint density at radius 1 is 1.24 bits per heavy atom. The van der Waals surface area contributed by atoms with Crippen molar-refractivity contribution in [2.45, 2.75) is 13.0 Å². The highest BCUT2D eigenvalue weighted by Crippen LogP contribution is 2.05. The van der Waals surface area contributed by atoms with Crippen LogP contribution in [0.4, 0.5) is 5.69 Å². The summed E-state index contributed by atoms with van der Waals surface area (Å²) in [5, 5.41) is 8.02. The van der Waals surface area contributed by atoms with E-state index >= 15 is 0 Å². The first-order valence-corrected chi connectivity index (χ1v) is 5.43. The van der Waals surface area contributed by atoms with Crippen molar-refractivity contribution in [1.29, 1.82) is 0 Å². The molecule has 0 aliphatic carbocycles. The molecule has 3 N–H and O–H groups in total. The molecule has 0 saturated carbocycles. The van der Waals surface area contributed by atoms with Crippen LogP contribution < -0.4 is 16.0 Å². The van der Waals surface area contributed by atoms with Crippen LogP contribution in [0.5, 0.6) is 0 Å². The molecular formula is C12H17N3O2. The van der Waals surface area contributed by atoms with Gasteiger partial charge in [0.1, 0.15) is 6.04 Å². The van der Waals surface area contributed by atoms with Gasteiger partial charge in [0.25, 0.3) is 0 Å². The number of benzene rings is 1. The molecule has 17 heavy (non-hydrogen) atoms. The highest BCUT2D eigenvalue weighted by molar-refractivity contribution is 5.97. The lowest BCUT2D eigenvalue weighted by atomic mass is 10.2. The minimum absolute atomic E-state index is 0.197. The first kappa shape index (κ1) is 13.2. The van der Waals surface area contributed by atoms with E-state index in [1.165, 1.54) is 0 Å². The van der Waals surface area contributed by atoms with Crippen molar-refractivity contribution in [3.8, 4) is 0 Å². The van der Waals surface area contributed by atoms with Crippen molar-refractivity contribution >= 4 is 17.5 Å². The van der Waals surface area contributed by atoms with Gasteiger partial charge in [-0.2, -0.15) is 0 Å². The SMILES string of the molecule is CNCC(=O)NC(C)C(=O)Nc1ccccc1. The summed E-state index contributed by atoms with van der Waals surface area (Å²) in [4.78, 5) is 23.0. The maximum absolute atomic E-state index is 11.7. The van der Waals surface area contributed by atoms with Crippen molar-refractivity contribution in [1.82, 2.24) is 10.6 Å². The van der Waals surface area contributed by atoms with Gasteiger partial charge >= 0.3 is 0 Å². The molecule has 5 heteroatoms. The molecule has 1 aromatic carbocycles. The largest absolute Gasteiger partial charge is 0.343 e. The highest BCUT2D eigenvalue weighted by Gasteiger charge is 2.14. The second-order valence-electron chi connectivity index (χ2n) is 3.67. The standard InChI is InChI=1S/C12H17N3O2/c1-9(14-11(16)8-13-2)12(17)15-10-6-4-3-5-7-10/h3-7,9,13H,8H2,1-2H3,(H,14,16)(H,15,17). The molecule has 0 saturated heterocycles. The van der Waals surface area contributed by atoms with E-state index in [4.69, 9.17) is 0 Å². The van der Waals surface area contributed by atoms with Gasteiger partial charge in [0.05, 0.1) is 6.54 Å². The Morgan fingerprint density at radius 3 is 2.47 bits per heavy atom. The third kappa shape index (κ3) is 4.65. The second-order valence-corrected chi connectivity index (χ2v) is 3.67. The molecule has 1 unspecified atom stereocenters. The molecule has 0 aliphatic heterocycles. The number of anilines is 1. The summed E-state index contributed by atoms with van der Waals surface area (Å²) in [5.41, 5.74) is 0.715. The van der Waals surface area contributed by atoms with Gasteiger partial charge in [0, 0.05) is 5.69 Å². The topological polar surface area (TPSA) is 70.2 Å². The number of hydrogen-bond acceptors (Lipinski definition) is 3. The Labute approximate surface area is 101 Å². The van der Waals surface area contributed by atoms with Crippen LogP contribution in [-0.4, -0.2) is 31.4 Å². The van der Waals surface area contributed by atoms with E-state index in [9.17, 15) is 9.59 Å². The van der Waals surface area contributed by atoms with E-state index in [1.807, 2.05) is 18.2 Å².